The molecule has 4 rings (SSSR count). The van der Waals surface area contributed by atoms with Crippen LogP contribution < -0.4 is 17.2 Å². The molecule has 2 amide bonds. The van der Waals surface area contributed by atoms with Crippen molar-refractivity contribution in [2.24, 2.45) is 11.7 Å². The molecule has 4 aliphatic rings. The van der Waals surface area contributed by atoms with Crippen LogP contribution in [0.3, 0.4) is 0 Å². The van der Waals surface area contributed by atoms with Crippen LogP contribution >= 0.6 is 0 Å². The second-order valence-corrected chi connectivity index (χ2v) is 16.9. The molecule has 0 aromatic carbocycles. The molecule has 208 valence electrons. The second kappa shape index (κ2) is 11.2. The summed E-state index contributed by atoms with van der Waals surface area (Å²) >= 11 is -2.88. The Morgan fingerprint density at radius 3 is 2.45 bits per heavy atom. The quantitative estimate of drug-likeness (QED) is 0.0810. The number of carboxylic acids is 1. The molecule has 0 aliphatic carbocycles. The van der Waals surface area contributed by atoms with E-state index in [0.717, 1.165) is 0 Å². The summed E-state index contributed by atoms with van der Waals surface area (Å²) < 4.78 is 3.16. The molecule has 4 heterocycles. The number of likely N-dealkylation sites (N-methyl/N-ethyl adjacent to an activating group) is 1. The zero-order chi connectivity index (χ0) is 28.0. The van der Waals surface area contributed by atoms with Crippen LogP contribution in [0.15, 0.2) is 0 Å². The number of nitrogens with one attached hydrogen (secondary N) is 4. The van der Waals surface area contributed by atoms with Crippen molar-refractivity contribution >= 4 is 24.6 Å². The Bertz CT molecular complexity index is 1020. The van der Waals surface area contributed by atoms with E-state index in [4.69, 9.17) is 11.1 Å². The molecule has 0 spiro atoms. The Morgan fingerprint density at radius 1 is 1.18 bits per heavy atom. The van der Waals surface area contributed by atoms with Gasteiger partial charge in [-0.25, -0.2) is 0 Å². The summed E-state index contributed by atoms with van der Waals surface area (Å²) in [5.74, 6) is -1.76. The first kappa shape index (κ1) is 29.6. The number of rotatable bonds is 11. The van der Waals surface area contributed by atoms with Gasteiger partial charge in [0.15, 0.2) is 0 Å². The van der Waals surface area contributed by atoms with Gasteiger partial charge in [0.1, 0.15) is 0 Å². The molecule has 0 bridgehead atoms. The molecule has 0 aromatic rings. The molecule has 8 N–H and O–H groups in total. The average Bonchev–Trinajstić information content (AvgIpc) is 3.52. The molecule has 5 atom stereocenters. The number of hydrazine groups is 2. The minimum absolute atomic E-state index is 0.119. The number of hydrogen-bond acceptors (Lipinski definition) is 10. The van der Waals surface area contributed by atoms with Crippen LogP contribution in [0.5, 0.6) is 0 Å². The normalized spacial score (nSPS) is 33.1. The molecule has 0 aromatic heterocycles. The third-order valence-corrected chi connectivity index (χ3v) is 14.7. The zero-order valence-electron chi connectivity index (χ0n) is 22.1. The number of guanidine groups is 1. The summed E-state index contributed by atoms with van der Waals surface area (Å²) in [6, 6.07) is -1.93. The fraction of sp³-hybridized carbons (Fsp3) is 0.773. The van der Waals surface area contributed by atoms with E-state index in [0.29, 0.717) is 32.4 Å². The predicted molar refractivity (Wildman–Crippen MR) is 129 cm³/mol. The van der Waals surface area contributed by atoms with Crippen LogP contribution in [0.2, 0.25) is 0 Å². The summed E-state index contributed by atoms with van der Waals surface area (Å²) in [6.45, 7) is 5.41. The van der Waals surface area contributed by atoms with Gasteiger partial charge in [0, 0.05) is 0 Å². The fourth-order valence-electron chi connectivity index (χ4n) is 6.36. The van der Waals surface area contributed by atoms with Gasteiger partial charge in [0.25, 0.3) is 0 Å². The van der Waals surface area contributed by atoms with E-state index in [-0.39, 0.29) is 44.2 Å². The summed E-state index contributed by atoms with van der Waals surface area (Å²) in [6.07, 6.45) is 0.106. The first-order valence-electron chi connectivity index (χ1n) is 13.0. The molecule has 16 heteroatoms. The van der Waals surface area contributed by atoms with E-state index in [1.54, 1.807) is 17.1 Å². The standard InChI is InChI=1S/C11H19N6O3.C11H18N3O3.Ra/c1-14-11(2-3-15-10(12)13)6-16-4-8(19)7(5-18)17(16)9(11)20;1-7(2)5-11(12)6-13-4-3-8(9(15)16)14(13)10(11)17;/h7-8,14,19H,2-4,6H2,1H3,(H4,12,13,15);7-8,12H,3-6H2,1-2H3,(H,15,16);/q;-1;+1. The van der Waals surface area contributed by atoms with E-state index in [1.165, 1.54) is 10.0 Å². The molecular formula is C22H37N9O6Ra. The van der Waals surface area contributed by atoms with Crippen molar-refractivity contribution in [3.63, 3.8) is 0 Å². The van der Waals surface area contributed by atoms with Crippen LogP contribution in [0.1, 0.15) is 33.1 Å². The van der Waals surface area contributed by atoms with Crippen LogP contribution in [0.25, 0.3) is 0 Å². The van der Waals surface area contributed by atoms with Gasteiger partial charge in [-0.3, -0.25) is 0 Å². The number of carboxylic acid groups (broad SMARTS) is 1. The number of nitrogens with two attached hydrogens (primary N) is 1. The van der Waals surface area contributed by atoms with Gasteiger partial charge in [-0.05, 0) is 0 Å². The fourth-order valence-corrected chi connectivity index (χ4v) is 12.8. The second-order valence-electron chi connectivity index (χ2n) is 11.1. The molecule has 4 fully saturated rings. The molecule has 38 heavy (non-hydrogen) atoms. The maximum absolute atomic E-state index is 13.6. The number of hydrogen-bond donors (Lipinski definition) is 7. The predicted octanol–water partition coefficient (Wildman–Crippen LogP) is -3.56. The summed E-state index contributed by atoms with van der Waals surface area (Å²) in [5, 5.41) is 39.7. The monoisotopic (exact) mass is 749 g/mol. The van der Waals surface area contributed by atoms with Crippen molar-refractivity contribution in [3.05, 3.63) is 0 Å². The van der Waals surface area contributed by atoms with E-state index >= 15 is 0 Å². The molecule has 0 saturated carbocycles. The van der Waals surface area contributed by atoms with Gasteiger partial charge in [-0.2, -0.15) is 0 Å². The van der Waals surface area contributed by atoms with Gasteiger partial charge >= 0.3 is 246 Å². The third kappa shape index (κ3) is 5.21. The average molecular weight is 750 g/mol. The van der Waals surface area contributed by atoms with Gasteiger partial charge in [0.05, 0.1) is 0 Å². The first-order chi connectivity index (χ1) is 17.9. The topological polar surface area (TPSA) is 208 Å². The Balaban J connectivity index is 1.49. The number of carbonyl (C=O) groups is 4. The number of aliphatic carboxylic acids is 1. The Labute approximate surface area is 244 Å². The van der Waals surface area contributed by atoms with Crippen molar-refractivity contribution in [2.75, 3.05) is 39.8 Å². The van der Waals surface area contributed by atoms with Crippen molar-refractivity contribution in [1.82, 2.24) is 31.5 Å². The number of aliphatic hydroxyl groups is 1. The number of aliphatic hydroxyl groups excluding tert-OH is 1. The van der Waals surface area contributed by atoms with Gasteiger partial charge < -0.3 is 0 Å². The minimum atomic E-state index is -2.88. The summed E-state index contributed by atoms with van der Waals surface area (Å²) in [5.41, 5.74) is 3.33. The van der Waals surface area contributed by atoms with Crippen LogP contribution in [-0.4, -0.2) is 124 Å². The van der Waals surface area contributed by atoms with E-state index < -0.39 is 76.2 Å². The molecular weight excluding hydrogens is 712 g/mol. The van der Waals surface area contributed by atoms with E-state index in [9.17, 15) is 29.4 Å². The van der Waals surface area contributed by atoms with Gasteiger partial charge in [-0.15, -0.1) is 0 Å². The first-order valence-corrected chi connectivity index (χ1v) is 18.8. The summed E-state index contributed by atoms with van der Waals surface area (Å²) in [7, 11) is 1.66. The summed E-state index contributed by atoms with van der Waals surface area (Å²) in [4.78, 5) is 52.5. The van der Waals surface area contributed by atoms with E-state index in [2.05, 4.69) is 11.5 Å². The molecule has 5 unspecified atom stereocenters. The number of amides is 2. The third-order valence-electron chi connectivity index (χ3n) is 8.05. The van der Waals surface area contributed by atoms with Crippen molar-refractivity contribution in [1.29, 1.82) is 5.41 Å². The Morgan fingerprint density at radius 2 is 1.84 bits per heavy atom. The Kier molecular flexibility index (Phi) is 8.76. The molecule has 15 nitrogen and oxygen atoms in total. The van der Waals surface area contributed by atoms with Crippen LogP contribution in [0, 0.1) is 52.3 Å². The van der Waals surface area contributed by atoms with E-state index in [1.807, 2.05) is 13.8 Å². The molecule has 4 aliphatic heterocycles. The van der Waals surface area contributed by atoms with Crippen LogP contribution in [0.4, 0.5) is 0 Å². The number of fused-ring (bicyclic) bond motifs is 2. The van der Waals surface area contributed by atoms with Crippen molar-refractivity contribution in [3.8, 4) is 0 Å². The Hall–Kier alpha value is -1.38. The molecule has 0 radical (unpaired) electrons. The van der Waals surface area contributed by atoms with Gasteiger partial charge in [0.2, 0.25) is 0 Å². The number of carbonyl (C=O) groups excluding carboxylic acids is 3. The maximum atomic E-state index is 13.6. The SMILES string of the molecule is CNC1(CCNC(=N)N)CN2CC(O)C([C](=O)[Ra][NH]C3(CC(C)C)CN4CCC(C(=O)O)N4C3=O)N2C1=O. The van der Waals surface area contributed by atoms with Gasteiger partial charge in [-0.1, -0.05) is 0 Å². The van der Waals surface area contributed by atoms with Crippen molar-refractivity contribution < 1.29 is 70.4 Å². The zero-order valence-corrected chi connectivity index (χ0v) is 27.9. The molecule has 4 saturated heterocycles. The van der Waals surface area contributed by atoms with Crippen LogP contribution in [-0.2, 0) is 19.2 Å². The number of nitrogens with zero attached hydrogens (tertiary/aromatic N) is 4. The van der Waals surface area contributed by atoms with Crippen molar-refractivity contribution in [2.45, 2.75) is 62.4 Å².